The maximum absolute atomic E-state index is 12.5. The number of hydrogen-bond acceptors (Lipinski definition) is 2. The van der Waals surface area contributed by atoms with Crippen LogP contribution in [-0.2, 0) is 4.74 Å². The summed E-state index contributed by atoms with van der Waals surface area (Å²) in [5.74, 6) is 0. The molecule has 126 valence electrons. The third-order valence-electron chi connectivity index (χ3n) is 3.69. The molecule has 0 saturated carbocycles. The third-order valence-corrected chi connectivity index (χ3v) is 4.36. The monoisotopic (exact) mass is 384 g/mol. The van der Waals surface area contributed by atoms with Gasteiger partial charge in [0.25, 0.3) is 0 Å². The molecule has 2 aromatic rings. The van der Waals surface area contributed by atoms with E-state index in [4.69, 9.17) is 39.5 Å². The minimum absolute atomic E-state index is 0.196. The number of hydrogen-bond donors (Lipinski definition) is 1. The summed E-state index contributed by atoms with van der Waals surface area (Å²) in [4.78, 5) is 14.2. The fourth-order valence-electron chi connectivity index (χ4n) is 2.57. The van der Waals surface area contributed by atoms with Crippen LogP contribution in [-0.4, -0.2) is 30.6 Å². The molecule has 2 aromatic carbocycles. The SMILES string of the molecule is O=C(Nc1cccc(Cl)c1)N1CCOC(c2cc(Cl)cc(Cl)c2)C1. The Morgan fingerprint density at radius 3 is 2.54 bits per heavy atom. The quantitative estimate of drug-likeness (QED) is 0.767. The summed E-state index contributed by atoms with van der Waals surface area (Å²) in [6.07, 6.45) is -0.264. The van der Waals surface area contributed by atoms with Gasteiger partial charge in [-0.1, -0.05) is 40.9 Å². The maximum Gasteiger partial charge on any atom is 0.322 e. The minimum atomic E-state index is -0.264. The van der Waals surface area contributed by atoms with E-state index in [2.05, 4.69) is 5.32 Å². The number of amides is 2. The molecular weight excluding hydrogens is 371 g/mol. The molecule has 0 radical (unpaired) electrons. The number of carbonyl (C=O) groups is 1. The zero-order chi connectivity index (χ0) is 17.1. The van der Waals surface area contributed by atoms with Gasteiger partial charge in [-0.3, -0.25) is 0 Å². The predicted molar refractivity (Wildman–Crippen MR) is 97.2 cm³/mol. The van der Waals surface area contributed by atoms with Crippen LogP contribution < -0.4 is 5.32 Å². The topological polar surface area (TPSA) is 41.6 Å². The first kappa shape index (κ1) is 17.4. The first-order chi connectivity index (χ1) is 11.5. The first-order valence-electron chi connectivity index (χ1n) is 7.40. The number of nitrogens with zero attached hydrogens (tertiary/aromatic N) is 1. The highest BCUT2D eigenvalue weighted by atomic mass is 35.5. The summed E-state index contributed by atoms with van der Waals surface area (Å²) < 4.78 is 5.76. The van der Waals surface area contributed by atoms with Gasteiger partial charge in [-0.25, -0.2) is 4.79 Å². The lowest BCUT2D eigenvalue weighted by Gasteiger charge is -2.33. The van der Waals surface area contributed by atoms with Crippen molar-refractivity contribution in [1.29, 1.82) is 0 Å². The van der Waals surface area contributed by atoms with Crippen LogP contribution in [0.15, 0.2) is 42.5 Å². The van der Waals surface area contributed by atoms with Gasteiger partial charge in [0, 0.05) is 27.3 Å². The van der Waals surface area contributed by atoms with Crippen molar-refractivity contribution in [3.63, 3.8) is 0 Å². The van der Waals surface area contributed by atoms with Gasteiger partial charge in [0.2, 0.25) is 0 Å². The van der Waals surface area contributed by atoms with Crippen LogP contribution in [0.1, 0.15) is 11.7 Å². The molecule has 0 aliphatic carbocycles. The Balaban J connectivity index is 1.69. The van der Waals surface area contributed by atoms with Gasteiger partial charge in [-0.2, -0.15) is 0 Å². The van der Waals surface area contributed by atoms with E-state index in [0.717, 1.165) is 5.56 Å². The van der Waals surface area contributed by atoms with E-state index >= 15 is 0 Å². The van der Waals surface area contributed by atoms with E-state index in [9.17, 15) is 4.79 Å². The van der Waals surface area contributed by atoms with Crippen molar-refractivity contribution < 1.29 is 9.53 Å². The van der Waals surface area contributed by atoms with E-state index in [1.54, 1.807) is 47.4 Å². The van der Waals surface area contributed by atoms with Crippen LogP contribution in [0, 0.1) is 0 Å². The Bertz CT molecular complexity index is 734. The largest absolute Gasteiger partial charge is 0.370 e. The summed E-state index contributed by atoms with van der Waals surface area (Å²) in [6.45, 7) is 1.37. The summed E-state index contributed by atoms with van der Waals surface area (Å²) >= 11 is 18.0. The smallest absolute Gasteiger partial charge is 0.322 e. The molecule has 1 N–H and O–H groups in total. The number of ether oxygens (including phenoxy) is 1. The number of morpholine rings is 1. The number of nitrogens with one attached hydrogen (secondary N) is 1. The second kappa shape index (κ2) is 7.62. The van der Waals surface area contributed by atoms with Crippen LogP contribution in [0.2, 0.25) is 15.1 Å². The second-order valence-corrected chi connectivity index (χ2v) is 6.76. The second-order valence-electron chi connectivity index (χ2n) is 5.45. The van der Waals surface area contributed by atoms with E-state index < -0.39 is 0 Å². The molecule has 1 atom stereocenters. The van der Waals surface area contributed by atoms with Crippen molar-refractivity contribution in [1.82, 2.24) is 4.90 Å². The lowest BCUT2D eigenvalue weighted by atomic mass is 10.1. The number of benzene rings is 2. The summed E-state index contributed by atoms with van der Waals surface area (Å²) in [5, 5.41) is 4.50. The molecule has 1 heterocycles. The summed E-state index contributed by atoms with van der Waals surface area (Å²) in [7, 11) is 0. The number of anilines is 1. The molecule has 0 aromatic heterocycles. The van der Waals surface area contributed by atoms with Crippen LogP contribution in [0.25, 0.3) is 0 Å². The zero-order valence-electron chi connectivity index (χ0n) is 12.6. The molecule has 0 bridgehead atoms. The van der Waals surface area contributed by atoms with Crippen molar-refractivity contribution in [2.24, 2.45) is 0 Å². The molecule has 0 spiro atoms. The molecule has 1 unspecified atom stereocenters. The molecule has 3 rings (SSSR count). The molecule has 2 amide bonds. The van der Waals surface area contributed by atoms with Crippen LogP contribution in [0.4, 0.5) is 10.5 Å². The molecule has 1 aliphatic heterocycles. The van der Waals surface area contributed by atoms with Gasteiger partial charge in [0.15, 0.2) is 0 Å². The fraction of sp³-hybridized carbons (Fsp3) is 0.235. The van der Waals surface area contributed by atoms with Gasteiger partial charge in [-0.05, 0) is 42.0 Å². The van der Waals surface area contributed by atoms with E-state index in [-0.39, 0.29) is 12.1 Å². The Kier molecular flexibility index (Phi) is 5.51. The average Bonchev–Trinajstić information content (AvgIpc) is 2.54. The van der Waals surface area contributed by atoms with Gasteiger partial charge in [-0.15, -0.1) is 0 Å². The Morgan fingerprint density at radius 1 is 1.08 bits per heavy atom. The molecule has 1 aliphatic rings. The van der Waals surface area contributed by atoms with Crippen LogP contribution in [0.3, 0.4) is 0 Å². The lowest BCUT2D eigenvalue weighted by Crippen LogP contribution is -2.44. The average molecular weight is 386 g/mol. The third kappa shape index (κ3) is 4.33. The molecular formula is C17H15Cl3N2O2. The Hall–Kier alpha value is -1.46. The highest BCUT2D eigenvalue weighted by molar-refractivity contribution is 6.34. The van der Waals surface area contributed by atoms with Gasteiger partial charge < -0.3 is 15.0 Å². The van der Waals surface area contributed by atoms with E-state index in [1.165, 1.54) is 0 Å². The number of urea groups is 1. The van der Waals surface area contributed by atoms with Gasteiger partial charge in [0.05, 0.1) is 13.2 Å². The highest BCUT2D eigenvalue weighted by Crippen LogP contribution is 2.28. The number of carbonyl (C=O) groups excluding carboxylic acids is 1. The summed E-state index contributed by atoms with van der Waals surface area (Å²) in [5.41, 5.74) is 1.51. The minimum Gasteiger partial charge on any atom is -0.370 e. The standard InChI is InChI=1S/C17H15Cl3N2O2/c18-12-2-1-3-15(9-12)21-17(23)22-4-5-24-16(10-22)11-6-13(19)8-14(20)7-11/h1-3,6-9,16H,4-5,10H2,(H,21,23). The van der Waals surface area contributed by atoms with Crippen molar-refractivity contribution >= 4 is 46.5 Å². The predicted octanol–water partition coefficient (Wildman–Crippen LogP) is 5.25. The van der Waals surface area contributed by atoms with Crippen LogP contribution >= 0.6 is 34.8 Å². The molecule has 24 heavy (non-hydrogen) atoms. The van der Waals surface area contributed by atoms with Crippen molar-refractivity contribution in [2.75, 3.05) is 25.0 Å². The first-order valence-corrected chi connectivity index (χ1v) is 8.54. The molecule has 1 fully saturated rings. The molecule has 1 saturated heterocycles. The van der Waals surface area contributed by atoms with Crippen molar-refractivity contribution in [3.05, 3.63) is 63.1 Å². The summed E-state index contributed by atoms with van der Waals surface area (Å²) in [6, 6.07) is 12.1. The van der Waals surface area contributed by atoms with Gasteiger partial charge in [0.1, 0.15) is 6.10 Å². The van der Waals surface area contributed by atoms with Gasteiger partial charge >= 0.3 is 6.03 Å². The van der Waals surface area contributed by atoms with E-state index in [0.29, 0.717) is 40.5 Å². The Labute approximate surface area is 155 Å². The van der Waals surface area contributed by atoms with E-state index in [1.807, 2.05) is 0 Å². The van der Waals surface area contributed by atoms with Crippen LogP contribution in [0.5, 0.6) is 0 Å². The zero-order valence-corrected chi connectivity index (χ0v) is 14.9. The van der Waals surface area contributed by atoms with Crippen molar-refractivity contribution in [2.45, 2.75) is 6.10 Å². The Morgan fingerprint density at radius 2 is 1.83 bits per heavy atom. The highest BCUT2D eigenvalue weighted by Gasteiger charge is 2.26. The maximum atomic E-state index is 12.5. The molecule has 7 heteroatoms. The van der Waals surface area contributed by atoms with Crippen molar-refractivity contribution in [3.8, 4) is 0 Å². The normalized spacial score (nSPS) is 17.6. The number of halogens is 3. The molecule has 4 nitrogen and oxygen atoms in total. The number of rotatable bonds is 2. The lowest BCUT2D eigenvalue weighted by molar-refractivity contribution is -0.0134. The fourth-order valence-corrected chi connectivity index (χ4v) is 3.30.